The van der Waals surface area contributed by atoms with Crippen LogP contribution in [0.3, 0.4) is 0 Å². The van der Waals surface area contributed by atoms with Crippen molar-refractivity contribution >= 4 is 23.9 Å². The maximum absolute atomic E-state index is 13.2. The number of hydrogen-bond donors (Lipinski definition) is 3. The second kappa shape index (κ2) is 55.2. The molecule has 0 aromatic heterocycles. The first-order valence-electron chi connectivity index (χ1n) is 32.6. The number of esters is 3. The van der Waals surface area contributed by atoms with Crippen LogP contribution in [0, 0.1) is 0 Å². The lowest BCUT2D eigenvalue weighted by molar-refractivity contribution is -0.301. The average molecular weight is 1120 g/mol. The number of carboxylic acid groups (broad SMARTS) is 1. The van der Waals surface area contributed by atoms with E-state index in [1.54, 1.807) is 0 Å². The maximum Gasteiger partial charge on any atom is 0.335 e. The molecule has 79 heavy (non-hydrogen) atoms. The molecule has 3 N–H and O–H groups in total. The number of ether oxygens (including phenoxy) is 5. The van der Waals surface area contributed by atoms with Crippen LogP contribution in [0.4, 0.5) is 0 Å². The van der Waals surface area contributed by atoms with Gasteiger partial charge in [-0.3, -0.25) is 14.4 Å². The van der Waals surface area contributed by atoms with Gasteiger partial charge in [0.2, 0.25) is 0 Å². The van der Waals surface area contributed by atoms with Crippen LogP contribution in [0.2, 0.25) is 0 Å². The largest absolute Gasteiger partial charge is 0.479 e. The fourth-order valence-electron chi connectivity index (χ4n) is 9.84. The van der Waals surface area contributed by atoms with Gasteiger partial charge in [0.15, 0.2) is 24.6 Å². The minimum atomic E-state index is -1.91. The van der Waals surface area contributed by atoms with E-state index in [-0.39, 0.29) is 25.9 Å². The Hall–Kier alpha value is -3.32. The third-order valence-electron chi connectivity index (χ3n) is 14.9. The Morgan fingerprint density at radius 2 is 0.759 bits per heavy atom. The Morgan fingerprint density at radius 3 is 1.16 bits per heavy atom. The summed E-state index contributed by atoms with van der Waals surface area (Å²) in [5.41, 5.74) is 0. The predicted octanol–water partition coefficient (Wildman–Crippen LogP) is 17.3. The van der Waals surface area contributed by atoms with Gasteiger partial charge in [0, 0.05) is 19.3 Å². The van der Waals surface area contributed by atoms with E-state index >= 15 is 0 Å². The number of rotatable bonds is 56. The molecule has 12 nitrogen and oxygen atoms in total. The fraction of sp³-hybridized carbons (Fsp3) is 0.821. The number of aliphatic carboxylic acids is 1. The molecule has 0 bridgehead atoms. The summed E-state index contributed by atoms with van der Waals surface area (Å²) in [6, 6.07) is 0. The molecule has 0 spiro atoms. The molecule has 1 aliphatic heterocycles. The van der Waals surface area contributed by atoms with Crippen molar-refractivity contribution in [3.63, 3.8) is 0 Å². The van der Waals surface area contributed by atoms with Crippen molar-refractivity contribution in [3.05, 3.63) is 48.6 Å². The van der Waals surface area contributed by atoms with E-state index in [9.17, 15) is 34.5 Å². The van der Waals surface area contributed by atoms with E-state index in [4.69, 9.17) is 23.7 Å². The van der Waals surface area contributed by atoms with Crippen molar-refractivity contribution in [2.45, 2.75) is 340 Å². The molecule has 458 valence electrons. The van der Waals surface area contributed by atoms with Crippen molar-refractivity contribution in [2.75, 3.05) is 13.2 Å². The second-order valence-electron chi connectivity index (χ2n) is 22.4. The Labute approximate surface area is 482 Å². The van der Waals surface area contributed by atoms with Gasteiger partial charge in [-0.2, -0.15) is 0 Å². The van der Waals surface area contributed by atoms with Gasteiger partial charge in [-0.1, -0.05) is 249 Å². The molecule has 12 heteroatoms. The SMILES string of the molecule is CCCCC/C=C\C/C=C\CCCCCCCCCC(=O)OC1C(OCC(COC(=O)CCCCCCCCCCCCCCCCCCC)OC(=O)CCCCCCC/C=C\C/C=C\CCCCC)OC(C(=O)O)C(O)C1O. The molecule has 1 fully saturated rings. The van der Waals surface area contributed by atoms with Gasteiger partial charge in [-0.15, -0.1) is 0 Å². The molecule has 0 saturated carbocycles. The lowest BCUT2D eigenvalue weighted by Crippen LogP contribution is -2.61. The Balaban J connectivity index is 2.66. The Bertz CT molecular complexity index is 1560. The van der Waals surface area contributed by atoms with Crippen molar-refractivity contribution in [1.29, 1.82) is 0 Å². The van der Waals surface area contributed by atoms with Crippen LogP contribution in [0.5, 0.6) is 0 Å². The molecule has 1 heterocycles. The van der Waals surface area contributed by atoms with Gasteiger partial charge in [-0.05, 0) is 83.5 Å². The van der Waals surface area contributed by atoms with Crippen LogP contribution >= 0.6 is 0 Å². The minimum absolute atomic E-state index is 0.0516. The van der Waals surface area contributed by atoms with Gasteiger partial charge < -0.3 is 39.0 Å². The summed E-state index contributed by atoms with van der Waals surface area (Å²) in [6.07, 6.45) is 54.9. The van der Waals surface area contributed by atoms with Crippen LogP contribution in [0.1, 0.15) is 303 Å². The summed E-state index contributed by atoms with van der Waals surface area (Å²) >= 11 is 0. The fourth-order valence-corrected chi connectivity index (χ4v) is 9.84. The standard InChI is InChI=1S/C67H118O12/c1-4-7-10-13-16-19-22-25-28-30-33-35-38-41-44-47-50-53-59(68)75-56-58(77-60(69)54-51-48-45-42-39-36-32-27-24-21-18-15-12-9-6-3)57-76-67-65(63(72)62(71)64(79-67)66(73)74)78-61(70)55-52-49-46-43-40-37-34-31-29-26-23-20-17-14-11-8-5-2/h17-18,20-21,26-27,29,32,58,62-65,67,71-72H,4-16,19,22-25,28,30-31,33-57H2,1-3H3,(H,73,74)/b20-17-,21-18-,29-26-,32-27-. The van der Waals surface area contributed by atoms with Crippen LogP contribution in [0.15, 0.2) is 48.6 Å². The first-order chi connectivity index (χ1) is 38.6. The lowest BCUT2D eigenvalue weighted by atomic mass is 9.98. The van der Waals surface area contributed by atoms with Gasteiger partial charge in [-0.25, -0.2) is 4.79 Å². The number of hydrogen-bond acceptors (Lipinski definition) is 11. The lowest BCUT2D eigenvalue weighted by Gasteiger charge is -2.40. The molecule has 6 unspecified atom stereocenters. The highest BCUT2D eigenvalue weighted by Gasteiger charge is 2.50. The second-order valence-corrected chi connectivity index (χ2v) is 22.4. The van der Waals surface area contributed by atoms with E-state index in [1.165, 1.54) is 122 Å². The number of carboxylic acids is 1. The molecule has 0 radical (unpaired) electrons. The summed E-state index contributed by atoms with van der Waals surface area (Å²) in [7, 11) is 0. The van der Waals surface area contributed by atoms with Gasteiger partial charge >= 0.3 is 23.9 Å². The first-order valence-corrected chi connectivity index (χ1v) is 32.6. The molecule has 1 rings (SSSR count). The van der Waals surface area contributed by atoms with Gasteiger partial charge in [0.25, 0.3) is 0 Å². The molecule has 1 saturated heterocycles. The summed E-state index contributed by atoms with van der Waals surface area (Å²) < 4.78 is 28.5. The van der Waals surface area contributed by atoms with Crippen LogP contribution in [-0.4, -0.2) is 89.2 Å². The third-order valence-corrected chi connectivity index (χ3v) is 14.9. The number of carbonyl (C=O) groups excluding carboxylic acids is 3. The number of aliphatic hydroxyl groups excluding tert-OH is 2. The molecule has 0 aromatic carbocycles. The molecule has 0 aliphatic carbocycles. The molecular formula is C67H118O12. The van der Waals surface area contributed by atoms with E-state index in [2.05, 4.69) is 69.4 Å². The highest BCUT2D eigenvalue weighted by atomic mass is 16.7. The molecule has 0 amide bonds. The predicted molar refractivity (Wildman–Crippen MR) is 322 cm³/mol. The summed E-state index contributed by atoms with van der Waals surface area (Å²) in [4.78, 5) is 51.3. The Kier molecular flexibility index (Phi) is 51.5. The van der Waals surface area contributed by atoms with Crippen molar-refractivity contribution < 1.29 is 58.2 Å². The van der Waals surface area contributed by atoms with E-state index < -0.39 is 67.3 Å². The third kappa shape index (κ3) is 45.0. The van der Waals surface area contributed by atoms with Crippen molar-refractivity contribution in [1.82, 2.24) is 0 Å². The van der Waals surface area contributed by atoms with E-state index in [1.807, 2.05) is 0 Å². The van der Waals surface area contributed by atoms with Gasteiger partial charge in [0.05, 0.1) is 6.61 Å². The van der Waals surface area contributed by atoms with E-state index in [0.717, 1.165) is 122 Å². The summed E-state index contributed by atoms with van der Waals surface area (Å²) in [5, 5.41) is 31.6. The zero-order valence-electron chi connectivity index (χ0n) is 50.6. The van der Waals surface area contributed by atoms with Crippen molar-refractivity contribution in [2.24, 2.45) is 0 Å². The zero-order valence-corrected chi connectivity index (χ0v) is 50.6. The van der Waals surface area contributed by atoms with Crippen molar-refractivity contribution in [3.8, 4) is 0 Å². The summed E-state index contributed by atoms with van der Waals surface area (Å²) in [5.74, 6) is -3.12. The quantitative estimate of drug-likeness (QED) is 0.0228. The molecule has 6 atom stereocenters. The van der Waals surface area contributed by atoms with Crippen LogP contribution in [-0.2, 0) is 42.9 Å². The highest BCUT2D eigenvalue weighted by Crippen LogP contribution is 2.27. The topological polar surface area (TPSA) is 175 Å². The maximum atomic E-state index is 13.2. The molecule has 1 aliphatic rings. The summed E-state index contributed by atoms with van der Waals surface area (Å²) in [6.45, 7) is 5.97. The monoisotopic (exact) mass is 1110 g/mol. The number of carbonyl (C=O) groups is 4. The molecule has 0 aromatic rings. The van der Waals surface area contributed by atoms with Crippen LogP contribution in [0.25, 0.3) is 0 Å². The first kappa shape index (κ1) is 73.7. The van der Waals surface area contributed by atoms with Gasteiger partial charge in [0.1, 0.15) is 18.8 Å². The molecular weight excluding hydrogens is 997 g/mol. The minimum Gasteiger partial charge on any atom is -0.479 e. The smallest absolute Gasteiger partial charge is 0.335 e. The number of unbranched alkanes of at least 4 members (excludes halogenated alkanes) is 34. The number of allylic oxidation sites excluding steroid dienone is 8. The number of aliphatic hydroxyl groups is 2. The normalized spacial score (nSPS) is 18.1. The average Bonchev–Trinajstić information content (AvgIpc) is 3.43. The highest BCUT2D eigenvalue weighted by molar-refractivity contribution is 5.74. The zero-order chi connectivity index (χ0) is 57.5. The Morgan fingerprint density at radius 1 is 0.418 bits per heavy atom. The van der Waals surface area contributed by atoms with E-state index in [0.29, 0.717) is 19.3 Å². The van der Waals surface area contributed by atoms with Crippen LogP contribution < -0.4 is 0 Å².